The number of carboxylic acids is 1. The summed E-state index contributed by atoms with van der Waals surface area (Å²) in [6.07, 6.45) is 0.464. The summed E-state index contributed by atoms with van der Waals surface area (Å²) in [6.45, 7) is 5.78. The molecule has 3 fully saturated rings. The Hall–Kier alpha value is -6.35. The third-order valence-corrected chi connectivity index (χ3v) is 12.2. The van der Waals surface area contributed by atoms with E-state index >= 15 is 0 Å². The van der Waals surface area contributed by atoms with E-state index in [1.165, 1.54) is 23.6 Å². The van der Waals surface area contributed by atoms with Crippen LogP contribution in [-0.2, 0) is 43.2 Å². The molecule has 3 saturated heterocycles. The summed E-state index contributed by atoms with van der Waals surface area (Å²) < 4.78 is 0. The molecule has 27 nitrogen and oxygen atoms in total. The molecule has 3 aliphatic rings. The minimum Gasteiger partial charge on any atom is -0.480 e. The lowest BCUT2D eigenvalue weighted by Crippen LogP contribution is -2.61. The molecule has 3 rings (SSSR count). The summed E-state index contributed by atoms with van der Waals surface area (Å²) in [5.74, 6) is -7.82. The van der Waals surface area contributed by atoms with Gasteiger partial charge in [0.2, 0.25) is 47.3 Å². The van der Waals surface area contributed by atoms with Gasteiger partial charge < -0.3 is 85.3 Å². The highest BCUT2D eigenvalue weighted by atomic mass is 16.4. The zero-order chi connectivity index (χ0) is 51.7. The number of carbonyl (C=O) groups is 9. The zero-order valence-electron chi connectivity index (χ0n) is 39.8. The molecule has 0 saturated carbocycles. The second-order valence-electron chi connectivity index (χ2n) is 17.9. The van der Waals surface area contributed by atoms with Gasteiger partial charge >= 0.3 is 5.97 Å². The van der Waals surface area contributed by atoms with Crippen LogP contribution >= 0.6 is 0 Å². The standard InChI is InChI=1S/C42H73N15O12/c1-21(2)30(43)36(64)50-22(3)37(65)55-17-7-12-27(55)34(62)53-26(20-58)32(60)51-24(10-5-15-48-41(44)45)38(66)56-18-8-14-29(56)35(63)54-31(23(4)59)39(67)57-19-9-13-28(57)33(61)52-25(40(68)69)11-6-16-49-42(46)47/h21-31,58-59H,5-20,43H2,1-4H3,(H,50,64)(H,51,60)(H,52,61)(H,53,62)(H,54,63)(H,68,69)(H4,44,45,48)(H4,46,47,49)/t22-,23+,24-,25-,26-,27-,28-,29-,30-,31-/m0/s1. The van der Waals surface area contributed by atoms with E-state index in [9.17, 15) is 58.5 Å². The number of aliphatic carboxylic acids is 1. The fraction of sp³-hybridized carbons (Fsp3) is 0.738. The van der Waals surface area contributed by atoms with Crippen LogP contribution in [0.2, 0.25) is 0 Å². The van der Waals surface area contributed by atoms with Crippen molar-refractivity contribution < 1.29 is 58.5 Å². The van der Waals surface area contributed by atoms with Crippen molar-refractivity contribution in [2.24, 2.45) is 44.6 Å². The molecule has 27 heteroatoms. The molecule has 0 aliphatic carbocycles. The van der Waals surface area contributed by atoms with Crippen molar-refractivity contribution in [1.29, 1.82) is 0 Å². The molecular formula is C42H73N15O12. The summed E-state index contributed by atoms with van der Waals surface area (Å²) in [4.78, 5) is 132. The monoisotopic (exact) mass is 980 g/mol. The molecule has 18 N–H and O–H groups in total. The minimum absolute atomic E-state index is 0.0116. The molecule has 0 spiro atoms. The van der Waals surface area contributed by atoms with E-state index in [1.54, 1.807) is 13.8 Å². The number of hydrogen-bond acceptors (Lipinski definition) is 14. The van der Waals surface area contributed by atoms with Gasteiger partial charge in [0.05, 0.1) is 18.8 Å². The highest BCUT2D eigenvalue weighted by Gasteiger charge is 2.44. The maximum atomic E-state index is 14.3. The molecule has 3 heterocycles. The Morgan fingerprint density at radius 2 is 1.03 bits per heavy atom. The van der Waals surface area contributed by atoms with Crippen LogP contribution in [-0.4, -0.2) is 195 Å². The number of nitrogens with zero attached hydrogens (tertiary/aromatic N) is 5. The molecule has 0 unspecified atom stereocenters. The largest absolute Gasteiger partial charge is 0.480 e. The number of nitrogens with two attached hydrogens (primary N) is 5. The van der Waals surface area contributed by atoms with Crippen molar-refractivity contribution in [3.8, 4) is 0 Å². The van der Waals surface area contributed by atoms with Crippen molar-refractivity contribution in [1.82, 2.24) is 41.3 Å². The Balaban J connectivity index is 1.74. The Labute approximate surface area is 400 Å². The van der Waals surface area contributed by atoms with Crippen LogP contribution in [0.4, 0.5) is 0 Å². The topological polar surface area (TPSA) is 439 Å². The van der Waals surface area contributed by atoms with Crippen molar-refractivity contribution >= 4 is 65.1 Å². The van der Waals surface area contributed by atoms with E-state index in [1.807, 2.05) is 0 Å². The average Bonchev–Trinajstić information content (AvgIpc) is 4.10. The van der Waals surface area contributed by atoms with Gasteiger partial charge in [0.25, 0.3) is 0 Å². The Bertz CT molecular complexity index is 1910. The number of aliphatic imine (C=N–C) groups is 2. The smallest absolute Gasteiger partial charge is 0.326 e. The van der Waals surface area contributed by atoms with E-state index < -0.39 is 120 Å². The molecule has 69 heavy (non-hydrogen) atoms. The second-order valence-corrected chi connectivity index (χ2v) is 17.9. The number of nitrogens with one attached hydrogen (secondary N) is 5. The number of guanidine groups is 2. The van der Waals surface area contributed by atoms with Crippen LogP contribution in [0.15, 0.2) is 9.98 Å². The van der Waals surface area contributed by atoms with E-state index in [2.05, 4.69) is 36.6 Å². The first-order chi connectivity index (χ1) is 32.5. The van der Waals surface area contributed by atoms with Gasteiger partial charge in [-0.05, 0) is 84.0 Å². The van der Waals surface area contributed by atoms with Crippen LogP contribution in [0.3, 0.4) is 0 Å². The van der Waals surface area contributed by atoms with Gasteiger partial charge in [0.15, 0.2) is 11.9 Å². The van der Waals surface area contributed by atoms with Crippen molar-refractivity contribution in [3.63, 3.8) is 0 Å². The quantitative estimate of drug-likeness (QED) is 0.0230. The van der Waals surface area contributed by atoms with E-state index in [0.29, 0.717) is 19.3 Å². The maximum absolute atomic E-state index is 14.3. The van der Waals surface area contributed by atoms with Crippen molar-refractivity contribution in [2.45, 2.75) is 152 Å². The summed E-state index contributed by atoms with van der Waals surface area (Å²) in [7, 11) is 0. The third kappa shape index (κ3) is 16.4. The Morgan fingerprint density at radius 3 is 1.46 bits per heavy atom. The lowest BCUT2D eigenvalue weighted by molar-refractivity contribution is -0.147. The number of carbonyl (C=O) groups excluding carboxylic acids is 8. The van der Waals surface area contributed by atoms with E-state index in [4.69, 9.17) is 28.7 Å². The maximum Gasteiger partial charge on any atom is 0.326 e. The van der Waals surface area contributed by atoms with Crippen LogP contribution < -0.4 is 55.3 Å². The van der Waals surface area contributed by atoms with Crippen LogP contribution in [0.1, 0.15) is 91.9 Å². The van der Waals surface area contributed by atoms with Crippen molar-refractivity contribution in [3.05, 3.63) is 0 Å². The Morgan fingerprint density at radius 1 is 0.594 bits per heavy atom. The predicted octanol–water partition coefficient (Wildman–Crippen LogP) is -6.05. The molecule has 0 aromatic rings. The third-order valence-electron chi connectivity index (χ3n) is 12.2. The number of hydrogen-bond donors (Lipinski definition) is 13. The summed E-state index contributed by atoms with van der Waals surface area (Å²) in [5.41, 5.74) is 27.5. The van der Waals surface area contributed by atoms with Crippen molar-refractivity contribution in [2.75, 3.05) is 39.3 Å². The normalized spacial score (nSPS) is 20.9. The number of carboxylic acid groups (broad SMARTS) is 1. The number of rotatable bonds is 25. The summed E-state index contributed by atoms with van der Waals surface area (Å²) >= 11 is 0. The lowest BCUT2D eigenvalue weighted by Gasteiger charge is -2.33. The van der Waals surface area contributed by atoms with Gasteiger partial charge in [-0.3, -0.25) is 48.3 Å². The van der Waals surface area contributed by atoms with Gasteiger partial charge in [0.1, 0.15) is 48.3 Å². The zero-order valence-corrected chi connectivity index (χ0v) is 39.8. The fourth-order valence-electron chi connectivity index (χ4n) is 8.37. The fourth-order valence-corrected chi connectivity index (χ4v) is 8.37. The molecular weight excluding hydrogens is 907 g/mol. The highest BCUT2D eigenvalue weighted by Crippen LogP contribution is 2.24. The molecule has 10 atom stereocenters. The van der Waals surface area contributed by atoms with Gasteiger partial charge in [-0.1, -0.05) is 13.8 Å². The molecule has 3 aliphatic heterocycles. The molecule has 0 radical (unpaired) electrons. The molecule has 0 aromatic heterocycles. The van der Waals surface area contributed by atoms with Gasteiger partial charge in [-0.25, -0.2) is 4.79 Å². The molecule has 0 bridgehead atoms. The summed E-state index contributed by atoms with van der Waals surface area (Å²) in [6, 6.07) is -11.1. The molecule has 388 valence electrons. The number of amides is 8. The molecule has 8 amide bonds. The van der Waals surface area contributed by atoms with Gasteiger partial charge in [0, 0.05) is 32.7 Å². The first-order valence-electron chi connectivity index (χ1n) is 23.3. The first-order valence-corrected chi connectivity index (χ1v) is 23.3. The molecule has 0 aromatic carbocycles. The summed E-state index contributed by atoms with van der Waals surface area (Å²) in [5, 5.41) is 43.4. The van der Waals surface area contributed by atoms with Crippen LogP contribution in [0, 0.1) is 5.92 Å². The SMILES string of the molecule is CC(C)[C@H](N)C(=O)N[C@@H](C)C(=O)N1CCC[C@H]1C(=O)N[C@@H](CO)C(=O)N[C@@H](CCCN=C(N)N)C(=O)N1CCC[C@H]1C(=O)N[C@H](C(=O)N1CCC[C@H]1C(=O)N[C@@H](CCCN=C(N)N)C(=O)O)[C@@H](C)O. The van der Waals surface area contributed by atoms with Crippen LogP contribution in [0.5, 0.6) is 0 Å². The average molecular weight is 980 g/mol. The van der Waals surface area contributed by atoms with E-state index in [-0.39, 0.29) is 95.5 Å². The Kier molecular flexibility index (Phi) is 22.3. The number of aliphatic hydroxyl groups is 2. The lowest BCUT2D eigenvalue weighted by atomic mass is 10.0. The first kappa shape index (κ1) is 57.0. The van der Waals surface area contributed by atoms with Gasteiger partial charge in [-0.2, -0.15) is 0 Å². The predicted molar refractivity (Wildman–Crippen MR) is 249 cm³/mol. The number of aliphatic hydroxyl groups excluding tert-OH is 2. The van der Waals surface area contributed by atoms with Gasteiger partial charge in [-0.15, -0.1) is 0 Å². The van der Waals surface area contributed by atoms with E-state index in [0.717, 1.165) is 4.90 Å². The van der Waals surface area contributed by atoms with Crippen LogP contribution in [0.25, 0.3) is 0 Å². The highest BCUT2D eigenvalue weighted by molar-refractivity contribution is 5.98. The number of likely N-dealkylation sites (tertiary alicyclic amines) is 3. The minimum atomic E-state index is -1.60. The second kappa shape index (κ2) is 27.0.